The molecule has 0 aromatic rings. The highest BCUT2D eigenvalue weighted by Gasteiger charge is 2.26. The Morgan fingerprint density at radius 2 is 0.591 bits per heavy atom. The van der Waals surface area contributed by atoms with Crippen LogP contribution in [0.3, 0.4) is 0 Å². The average molecular weight is 1320 g/mol. The normalized spacial score (nSPS) is 13.5. The van der Waals surface area contributed by atoms with Gasteiger partial charge in [0.1, 0.15) is 6.61 Å². The maximum atomic E-state index is 12.8. The van der Waals surface area contributed by atoms with Gasteiger partial charge in [0, 0.05) is 19.4 Å². The SMILES string of the molecule is CC/C=C\C/C=C\C/C=C\C/C=C\C/C=C\C/C=C\C/C=C\C/C=C\CCCCCCCCCCCCCCCCCCC(=O)OC(COC(=O)CCCCCCCCCCCCCCCCCCCCC/C=C\C/C=C\CCCCCCC)COP(=O)(O)OCCN. The molecule has 0 fully saturated rings. The zero-order valence-corrected chi connectivity index (χ0v) is 61.4. The fourth-order valence-corrected chi connectivity index (χ4v) is 11.9. The first-order valence-electron chi connectivity index (χ1n) is 39.0. The van der Waals surface area contributed by atoms with Gasteiger partial charge in [-0.05, 0) is 109 Å². The summed E-state index contributed by atoms with van der Waals surface area (Å²) in [5.41, 5.74) is 5.41. The molecule has 0 amide bonds. The monoisotopic (exact) mass is 1320 g/mol. The maximum absolute atomic E-state index is 12.8. The standard InChI is InChI=1S/C83H146NO8P/c1-3-5-7-9-11-13-15-17-19-21-23-25-27-29-31-33-35-36-37-38-39-40-41-42-43-44-46-48-50-52-54-56-58-60-62-64-66-68-70-72-74-76-83(86)92-81(80-91-93(87,88)90-78-77-84)79-89-82(85)75-73-71-69-67-65-63-61-59-57-55-53-51-49-47-45-34-32-30-28-26-24-22-20-18-16-14-12-10-8-6-4-2/h5,7,11,13,16-19,22-25,29,31,35-36,38-39,41-42,81H,3-4,6,8-10,12,14-15,20-21,26-28,30,32-34,37,40,43-80,84H2,1-2H3,(H,87,88)/b7-5-,13-11-,18-16-,19-17-,24-22-,25-23-,31-29-,36-35-,39-38-,42-41-. The zero-order chi connectivity index (χ0) is 67.2. The summed E-state index contributed by atoms with van der Waals surface area (Å²) in [6.45, 7) is 3.66. The molecule has 2 atom stereocenters. The molecule has 0 saturated carbocycles. The predicted molar refractivity (Wildman–Crippen MR) is 404 cm³/mol. The van der Waals surface area contributed by atoms with Gasteiger partial charge in [-0.25, -0.2) is 4.57 Å². The minimum absolute atomic E-state index is 0.0515. The molecule has 0 rings (SSSR count). The smallest absolute Gasteiger partial charge is 0.462 e. The number of phosphoric ester groups is 1. The Labute approximate surface area is 574 Å². The van der Waals surface area contributed by atoms with Crippen LogP contribution in [-0.4, -0.2) is 49.3 Å². The third kappa shape index (κ3) is 77.3. The zero-order valence-electron chi connectivity index (χ0n) is 60.5. The molecule has 0 saturated heterocycles. The predicted octanol–water partition coefficient (Wildman–Crippen LogP) is 26.2. The molecule has 9 nitrogen and oxygen atoms in total. The Bertz CT molecular complexity index is 1950. The highest BCUT2D eigenvalue weighted by molar-refractivity contribution is 7.47. The Balaban J connectivity index is 3.83. The number of unbranched alkanes of at least 4 members (excludes halogenated alkanes) is 40. The van der Waals surface area contributed by atoms with Gasteiger partial charge in [0.05, 0.1) is 13.2 Å². The quantitative estimate of drug-likeness (QED) is 0.0264. The Morgan fingerprint density at radius 3 is 0.882 bits per heavy atom. The Morgan fingerprint density at radius 1 is 0.333 bits per heavy atom. The van der Waals surface area contributed by atoms with Crippen molar-refractivity contribution in [2.24, 2.45) is 5.73 Å². The van der Waals surface area contributed by atoms with E-state index in [9.17, 15) is 19.0 Å². The lowest BCUT2D eigenvalue weighted by molar-refractivity contribution is -0.161. The molecule has 0 aromatic heterocycles. The number of allylic oxidation sites excluding steroid dienone is 20. The molecule has 0 spiro atoms. The van der Waals surface area contributed by atoms with Crippen molar-refractivity contribution >= 4 is 19.8 Å². The summed E-state index contributed by atoms with van der Waals surface area (Å²) in [5, 5.41) is 0. The lowest BCUT2D eigenvalue weighted by atomic mass is 10.0. The number of hydrogen-bond acceptors (Lipinski definition) is 8. The molecule has 93 heavy (non-hydrogen) atoms. The van der Waals surface area contributed by atoms with E-state index in [1.807, 2.05) is 0 Å². The summed E-state index contributed by atoms with van der Waals surface area (Å²) in [6.07, 6.45) is 109. The molecular weight excluding hydrogens is 1170 g/mol. The van der Waals surface area contributed by atoms with Gasteiger partial charge in [-0.1, -0.05) is 360 Å². The summed E-state index contributed by atoms with van der Waals surface area (Å²) in [4.78, 5) is 35.4. The van der Waals surface area contributed by atoms with E-state index in [0.717, 1.165) is 96.3 Å². The molecule has 3 N–H and O–H groups in total. The van der Waals surface area contributed by atoms with Crippen LogP contribution in [0, 0.1) is 0 Å². The first kappa shape index (κ1) is 89.4. The van der Waals surface area contributed by atoms with E-state index in [4.69, 9.17) is 24.3 Å². The van der Waals surface area contributed by atoms with Crippen molar-refractivity contribution in [2.75, 3.05) is 26.4 Å². The summed E-state index contributed by atoms with van der Waals surface area (Å²) in [5.74, 6) is -0.815. The number of ether oxygens (including phenoxy) is 2. The topological polar surface area (TPSA) is 134 Å². The number of esters is 2. The molecule has 536 valence electrons. The minimum Gasteiger partial charge on any atom is -0.462 e. The average Bonchev–Trinajstić information content (AvgIpc) is 3.49. The van der Waals surface area contributed by atoms with E-state index in [1.54, 1.807) is 0 Å². The van der Waals surface area contributed by atoms with E-state index in [1.165, 1.54) is 231 Å². The highest BCUT2D eigenvalue weighted by atomic mass is 31.2. The van der Waals surface area contributed by atoms with Gasteiger partial charge in [0.15, 0.2) is 6.10 Å². The van der Waals surface area contributed by atoms with E-state index < -0.39 is 26.5 Å². The minimum atomic E-state index is -4.40. The molecule has 0 aromatic carbocycles. The fraction of sp³-hybridized carbons (Fsp3) is 0.735. The first-order chi connectivity index (χ1) is 45.8. The van der Waals surface area contributed by atoms with Crippen molar-refractivity contribution in [3.8, 4) is 0 Å². The number of hydrogen-bond donors (Lipinski definition) is 2. The van der Waals surface area contributed by atoms with Crippen LogP contribution in [-0.2, 0) is 32.7 Å². The largest absolute Gasteiger partial charge is 0.472 e. The number of carbonyl (C=O) groups excluding carboxylic acids is 2. The van der Waals surface area contributed by atoms with Crippen LogP contribution in [0.25, 0.3) is 0 Å². The van der Waals surface area contributed by atoms with Gasteiger partial charge < -0.3 is 20.1 Å². The number of nitrogens with two attached hydrogens (primary N) is 1. The summed E-state index contributed by atoms with van der Waals surface area (Å²) in [6, 6.07) is 0. The second-order valence-electron chi connectivity index (χ2n) is 25.8. The maximum Gasteiger partial charge on any atom is 0.472 e. The van der Waals surface area contributed by atoms with Gasteiger partial charge in [0.2, 0.25) is 0 Å². The number of phosphoric acid groups is 1. The third-order valence-corrected chi connectivity index (χ3v) is 17.8. The van der Waals surface area contributed by atoms with Crippen LogP contribution in [0.4, 0.5) is 0 Å². The molecule has 0 heterocycles. The summed E-state index contributed by atoms with van der Waals surface area (Å²) in [7, 11) is -4.40. The Kier molecular flexibility index (Phi) is 74.4. The van der Waals surface area contributed by atoms with E-state index in [2.05, 4.69) is 135 Å². The van der Waals surface area contributed by atoms with Crippen molar-refractivity contribution in [2.45, 2.75) is 367 Å². The van der Waals surface area contributed by atoms with Crippen molar-refractivity contribution < 1.29 is 37.6 Å². The van der Waals surface area contributed by atoms with Crippen molar-refractivity contribution in [1.82, 2.24) is 0 Å². The highest BCUT2D eigenvalue weighted by Crippen LogP contribution is 2.43. The van der Waals surface area contributed by atoms with Gasteiger partial charge in [-0.2, -0.15) is 0 Å². The van der Waals surface area contributed by atoms with Gasteiger partial charge in [0.25, 0.3) is 0 Å². The van der Waals surface area contributed by atoms with Crippen molar-refractivity contribution in [1.29, 1.82) is 0 Å². The van der Waals surface area contributed by atoms with Gasteiger partial charge >= 0.3 is 19.8 Å². The molecule has 10 heteroatoms. The second kappa shape index (κ2) is 77.4. The fourth-order valence-electron chi connectivity index (χ4n) is 11.1. The molecule has 0 bridgehead atoms. The lowest BCUT2D eigenvalue weighted by Crippen LogP contribution is -2.29. The van der Waals surface area contributed by atoms with Crippen molar-refractivity contribution in [3.63, 3.8) is 0 Å². The summed E-state index contributed by atoms with van der Waals surface area (Å²) >= 11 is 0. The van der Waals surface area contributed by atoms with Gasteiger partial charge in [-0.3, -0.25) is 18.6 Å². The van der Waals surface area contributed by atoms with Gasteiger partial charge in [-0.15, -0.1) is 0 Å². The molecule has 0 aliphatic rings. The first-order valence-corrected chi connectivity index (χ1v) is 40.5. The molecule has 0 radical (unpaired) electrons. The Hall–Kier alpha value is -3.59. The second-order valence-corrected chi connectivity index (χ2v) is 27.3. The van der Waals surface area contributed by atoms with Crippen LogP contribution in [0.2, 0.25) is 0 Å². The van der Waals surface area contributed by atoms with Crippen LogP contribution >= 0.6 is 7.82 Å². The third-order valence-electron chi connectivity index (χ3n) is 16.8. The van der Waals surface area contributed by atoms with Crippen LogP contribution in [0.1, 0.15) is 361 Å². The number of rotatable bonds is 73. The molecular formula is C83H146NO8P. The van der Waals surface area contributed by atoms with E-state index >= 15 is 0 Å². The lowest BCUT2D eigenvalue weighted by Gasteiger charge is -2.19. The van der Waals surface area contributed by atoms with E-state index in [0.29, 0.717) is 6.42 Å². The molecule has 0 aliphatic carbocycles. The molecule has 2 unspecified atom stereocenters. The van der Waals surface area contributed by atoms with Crippen LogP contribution < -0.4 is 5.73 Å². The van der Waals surface area contributed by atoms with Crippen molar-refractivity contribution in [3.05, 3.63) is 122 Å². The van der Waals surface area contributed by atoms with Crippen LogP contribution in [0.5, 0.6) is 0 Å². The van der Waals surface area contributed by atoms with Crippen LogP contribution in [0.15, 0.2) is 122 Å². The molecule has 0 aliphatic heterocycles. The summed E-state index contributed by atoms with van der Waals surface area (Å²) < 4.78 is 33.3. The van der Waals surface area contributed by atoms with E-state index in [-0.39, 0.29) is 38.6 Å². The number of carbonyl (C=O) groups is 2.